The Labute approximate surface area is 209 Å². The summed E-state index contributed by atoms with van der Waals surface area (Å²) >= 11 is 0. The molecule has 34 heavy (non-hydrogen) atoms. The number of hydrogen-bond acceptors (Lipinski definition) is 4. The first-order valence-electron chi connectivity index (χ1n) is 14.2. The zero-order chi connectivity index (χ0) is 24.5. The summed E-state index contributed by atoms with van der Waals surface area (Å²) < 4.78 is 32.4. The van der Waals surface area contributed by atoms with E-state index in [0.717, 1.165) is 18.5 Å². The molecule has 0 radical (unpaired) electrons. The Morgan fingerprint density at radius 3 is 1.56 bits per heavy atom. The van der Waals surface area contributed by atoms with Gasteiger partial charge in [-0.1, -0.05) is 129 Å². The molecule has 1 aliphatic rings. The van der Waals surface area contributed by atoms with Gasteiger partial charge in [0.1, 0.15) is 4.90 Å². The first-order chi connectivity index (χ1) is 16.5. The van der Waals surface area contributed by atoms with Crippen LogP contribution in [0.1, 0.15) is 135 Å². The van der Waals surface area contributed by atoms with E-state index in [-0.39, 0.29) is 11.1 Å². The summed E-state index contributed by atoms with van der Waals surface area (Å²) in [6, 6.07) is 4.92. The molecule has 0 amide bonds. The van der Waals surface area contributed by atoms with Gasteiger partial charge in [0, 0.05) is 0 Å². The summed E-state index contributed by atoms with van der Waals surface area (Å²) in [7, 11) is -4.21. The number of benzene rings is 1. The van der Waals surface area contributed by atoms with Crippen LogP contribution >= 0.6 is 0 Å². The van der Waals surface area contributed by atoms with E-state index in [2.05, 4.69) is 17.6 Å². The molecule has 0 saturated carbocycles. The number of hydrogen-bond donors (Lipinski definition) is 3. The van der Waals surface area contributed by atoms with Crippen molar-refractivity contribution in [1.29, 1.82) is 0 Å². The number of para-hydroxylation sites is 1. The van der Waals surface area contributed by atoms with Crippen LogP contribution in [0.25, 0.3) is 0 Å². The van der Waals surface area contributed by atoms with Gasteiger partial charge in [-0.15, -0.1) is 0 Å². The molecule has 6 heteroatoms. The van der Waals surface area contributed by atoms with Gasteiger partial charge in [0.05, 0.1) is 17.5 Å². The van der Waals surface area contributed by atoms with Crippen molar-refractivity contribution in [3.63, 3.8) is 0 Å². The number of fused-ring (bicyclic) bond motifs is 1. The van der Waals surface area contributed by atoms with Crippen LogP contribution < -0.4 is 10.6 Å². The number of unbranched alkanes of at least 4 members (excludes halogenated alkanes) is 18. The Morgan fingerprint density at radius 2 is 1.12 bits per heavy atom. The zero-order valence-electron chi connectivity index (χ0n) is 21.6. The van der Waals surface area contributed by atoms with Gasteiger partial charge in [0.15, 0.2) is 0 Å². The highest BCUT2D eigenvalue weighted by Gasteiger charge is 2.26. The fraction of sp³-hybridized carbons (Fsp3) is 0.786. The molecular weight excluding hydrogens is 444 g/mol. The summed E-state index contributed by atoms with van der Waals surface area (Å²) in [6.45, 7) is 2.28. The first-order valence-corrected chi connectivity index (χ1v) is 15.6. The quantitative estimate of drug-likeness (QED) is 0.117. The van der Waals surface area contributed by atoms with Crippen LogP contribution in [0.2, 0.25) is 0 Å². The van der Waals surface area contributed by atoms with E-state index in [1.54, 1.807) is 6.07 Å². The van der Waals surface area contributed by atoms with E-state index in [9.17, 15) is 13.0 Å². The van der Waals surface area contributed by atoms with Crippen molar-refractivity contribution in [2.45, 2.75) is 146 Å². The molecule has 0 bridgehead atoms. The smallest absolute Gasteiger partial charge is 0.296 e. The Balaban J connectivity index is 1.34. The predicted octanol–water partition coefficient (Wildman–Crippen LogP) is 8.92. The molecule has 0 aromatic heterocycles. The fourth-order valence-corrected chi connectivity index (χ4v) is 5.66. The second-order valence-electron chi connectivity index (χ2n) is 10.1. The maximum Gasteiger partial charge on any atom is 0.296 e. The van der Waals surface area contributed by atoms with E-state index in [1.807, 2.05) is 6.07 Å². The van der Waals surface area contributed by atoms with Crippen molar-refractivity contribution in [3.05, 3.63) is 18.2 Å². The number of nitrogens with one attached hydrogen (secondary N) is 2. The molecule has 0 saturated heterocycles. The Hall–Kier alpha value is -1.27. The Morgan fingerprint density at radius 1 is 0.676 bits per heavy atom. The molecular formula is C28H50N2O3S. The summed E-state index contributed by atoms with van der Waals surface area (Å²) in [5, 5.41) is 6.54. The van der Waals surface area contributed by atoms with Gasteiger partial charge >= 0.3 is 0 Å². The second kappa shape index (κ2) is 17.2. The molecule has 0 fully saturated rings. The van der Waals surface area contributed by atoms with Crippen molar-refractivity contribution in [2.24, 2.45) is 0 Å². The molecule has 5 nitrogen and oxygen atoms in total. The third-order valence-corrected chi connectivity index (χ3v) is 7.94. The van der Waals surface area contributed by atoms with Crippen LogP contribution in [0.5, 0.6) is 0 Å². The lowest BCUT2D eigenvalue weighted by molar-refractivity contribution is 0.483. The molecule has 0 spiro atoms. The molecule has 1 aliphatic heterocycles. The highest BCUT2D eigenvalue weighted by molar-refractivity contribution is 7.86. The van der Waals surface area contributed by atoms with Crippen LogP contribution in [0.3, 0.4) is 0 Å². The molecule has 2 rings (SSSR count). The van der Waals surface area contributed by atoms with Crippen LogP contribution in [0, 0.1) is 0 Å². The van der Waals surface area contributed by atoms with Gasteiger partial charge < -0.3 is 10.6 Å². The Bertz CT molecular complexity index is 767. The van der Waals surface area contributed by atoms with Gasteiger partial charge in [0.25, 0.3) is 10.1 Å². The van der Waals surface area contributed by atoms with Crippen molar-refractivity contribution in [1.82, 2.24) is 0 Å². The molecule has 196 valence electrons. The summed E-state index contributed by atoms with van der Waals surface area (Å²) in [5.41, 5.74) is 1.24. The normalized spacial score (nSPS) is 15.2. The Kier molecular flexibility index (Phi) is 14.7. The van der Waals surface area contributed by atoms with E-state index in [1.165, 1.54) is 122 Å². The standard InChI is InChI=1S/C28H50N2O3S/c1-2-3-4-5-6-7-8-9-10-11-12-13-14-15-16-17-18-19-20-24-27-29-25-22-21-23-26(28(25)30-27)34(31,32)33/h21-23,27,29-30H,2-20,24H2,1H3,(H,31,32,33). The lowest BCUT2D eigenvalue weighted by Gasteiger charge is -2.12. The van der Waals surface area contributed by atoms with Gasteiger partial charge in [-0.2, -0.15) is 8.42 Å². The predicted molar refractivity (Wildman–Crippen MR) is 145 cm³/mol. The lowest BCUT2D eigenvalue weighted by atomic mass is 10.0. The van der Waals surface area contributed by atoms with Crippen LogP contribution in [-0.4, -0.2) is 19.1 Å². The van der Waals surface area contributed by atoms with Gasteiger partial charge in [0.2, 0.25) is 0 Å². The van der Waals surface area contributed by atoms with Crippen LogP contribution in [0.4, 0.5) is 11.4 Å². The average molecular weight is 495 g/mol. The van der Waals surface area contributed by atoms with Gasteiger partial charge in [-0.05, 0) is 25.0 Å². The lowest BCUT2D eigenvalue weighted by Crippen LogP contribution is -2.22. The van der Waals surface area contributed by atoms with E-state index in [4.69, 9.17) is 0 Å². The van der Waals surface area contributed by atoms with E-state index >= 15 is 0 Å². The van der Waals surface area contributed by atoms with E-state index in [0.29, 0.717) is 5.69 Å². The van der Waals surface area contributed by atoms with Crippen molar-refractivity contribution < 1.29 is 13.0 Å². The van der Waals surface area contributed by atoms with Crippen LogP contribution in [0.15, 0.2) is 23.1 Å². The molecule has 1 heterocycles. The second-order valence-corrected chi connectivity index (χ2v) is 11.5. The molecule has 3 N–H and O–H groups in total. The maximum atomic E-state index is 11.5. The molecule has 1 atom stereocenters. The average Bonchev–Trinajstić information content (AvgIpc) is 3.23. The molecule has 0 aliphatic carbocycles. The zero-order valence-corrected chi connectivity index (χ0v) is 22.4. The molecule has 1 unspecified atom stereocenters. The summed E-state index contributed by atoms with van der Waals surface area (Å²) in [5.74, 6) is 0. The first kappa shape index (κ1) is 29.0. The molecule has 1 aromatic carbocycles. The SMILES string of the molecule is CCCCCCCCCCCCCCCCCCCCCC1Nc2cccc(S(=O)(=O)O)c2N1. The highest BCUT2D eigenvalue weighted by Crippen LogP contribution is 2.36. The largest absolute Gasteiger partial charge is 0.364 e. The maximum absolute atomic E-state index is 11.5. The third-order valence-electron chi connectivity index (χ3n) is 7.05. The molecule has 1 aromatic rings. The monoisotopic (exact) mass is 494 g/mol. The topological polar surface area (TPSA) is 78.4 Å². The highest BCUT2D eigenvalue weighted by atomic mass is 32.2. The van der Waals surface area contributed by atoms with Crippen molar-refractivity contribution in [3.8, 4) is 0 Å². The number of anilines is 2. The third kappa shape index (κ3) is 11.9. The number of rotatable bonds is 21. The fourth-order valence-electron chi connectivity index (χ4n) is 4.98. The van der Waals surface area contributed by atoms with Crippen molar-refractivity contribution in [2.75, 3.05) is 10.6 Å². The van der Waals surface area contributed by atoms with Gasteiger partial charge in [-0.3, -0.25) is 4.55 Å². The summed E-state index contributed by atoms with van der Waals surface area (Å²) in [4.78, 5) is -0.0480. The van der Waals surface area contributed by atoms with E-state index < -0.39 is 10.1 Å². The minimum Gasteiger partial charge on any atom is -0.364 e. The van der Waals surface area contributed by atoms with Crippen molar-refractivity contribution >= 4 is 21.5 Å². The minimum atomic E-state index is -4.21. The van der Waals surface area contributed by atoms with Crippen LogP contribution in [-0.2, 0) is 10.1 Å². The summed E-state index contributed by atoms with van der Waals surface area (Å²) in [6.07, 6.45) is 27.1. The minimum absolute atomic E-state index is 0.0312. The van der Waals surface area contributed by atoms with Gasteiger partial charge in [-0.25, -0.2) is 0 Å².